The topological polar surface area (TPSA) is 67.8 Å². The molecular weight excluding hydrogens is 524 g/mol. The van der Waals surface area contributed by atoms with Crippen LogP contribution >= 0.6 is 0 Å². The van der Waals surface area contributed by atoms with Crippen molar-refractivity contribution in [3.05, 3.63) is 126 Å². The van der Waals surface area contributed by atoms with Gasteiger partial charge in [0.1, 0.15) is 12.1 Å². The summed E-state index contributed by atoms with van der Waals surface area (Å²) in [4.78, 5) is 27.8. The lowest BCUT2D eigenvalue weighted by molar-refractivity contribution is 0.0602. The van der Waals surface area contributed by atoms with Crippen molar-refractivity contribution < 1.29 is 14.3 Å². The van der Waals surface area contributed by atoms with Crippen LogP contribution in [0, 0.1) is 0 Å². The Balaban J connectivity index is 1.40. The van der Waals surface area contributed by atoms with E-state index in [1.807, 2.05) is 66.7 Å². The highest BCUT2D eigenvalue weighted by Crippen LogP contribution is 2.39. The smallest absolute Gasteiger partial charge is 0.254 e. The van der Waals surface area contributed by atoms with E-state index in [0.29, 0.717) is 30.2 Å². The number of aromatic nitrogens is 2. The van der Waals surface area contributed by atoms with Gasteiger partial charge < -0.3 is 19.3 Å². The van der Waals surface area contributed by atoms with E-state index in [0.717, 1.165) is 35.2 Å². The number of hydrogen-bond acceptors (Lipinski definition) is 6. The number of rotatable bonds is 8. The van der Waals surface area contributed by atoms with Crippen LogP contribution in [0.4, 0.5) is 5.82 Å². The van der Waals surface area contributed by atoms with Crippen molar-refractivity contribution in [1.29, 1.82) is 0 Å². The lowest BCUT2D eigenvalue weighted by Crippen LogP contribution is -2.52. The number of nitrogens with zero attached hydrogens (tertiary/aromatic N) is 4. The maximum absolute atomic E-state index is 14.1. The zero-order chi connectivity index (χ0) is 28.9. The second-order valence-electron chi connectivity index (χ2n) is 10.5. The van der Waals surface area contributed by atoms with Gasteiger partial charge >= 0.3 is 0 Å². The SMILES string of the molecule is COc1cc2ncnc(N3CCC(N(Cc4ccccc4)C(=O)c4ccccc4)C(c4ccccc4)C3)c2cc1OC. The van der Waals surface area contributed by atoms with Gasteiger partial charge in [0.15, 0.2) is 11.5 Å². The number of amides is 1. The molecule has 0 bridgehead atoms. The van der Waals surface area contributed by atoms with Gasteiger partial charge in [0, 0.05) is 48.6 Å². The maximum atomic E-state index is 14.1. The van der Waals surface area contributed by atoms with E-state index < -0.39 is 0 Å². The van der Waals surface area contributed by atoms with E-state index in [-0.39, 0.29) is 17.9 Å². The molecule has 1 aromatic heterocycles. The van der Waals surface area contributed by atoms with Crippen molar-refractivity contribution in [3.8, 4) is 11.5 Å². The Morgan fingerprint density at radius 1 is 0.857 bits per heavy atom. The molecule has 6 rings (SSSR count). The average Bonchev–Trinajstić information content (AvgIpc) is 3.07. The second kappa shape index (κ2) is 12.3. The normalized spacial score (nSPS) is 16.7. The monoisotopic (exact) mass is 558 g/mol. The van der Waals surface area contributed by atoms with Crippen LogP contribution in [-0.4, -0.2) is 54.1 Å². The number of carbonyl (C=O) groups is 1. The minimum atomic E-state index is -0.0145. The highest BCUT2D eigenvalue weighted by Gasteiger charge is 2.37. The molecule has 1 amide bonds. The number of hydrogen-bond donors (Lipinski definition) is 0. The molecule has 0 N–H and O–H groups in total. The highest BCUT2D eigenvalue weighted by atomic mass is 16.5. The van der Waals surface area contributed by atoms with E-state index in [9.17, 15) is 4.79 Å². The Morgan fingerprint density at radius 2 is 1.50 bits per heavy atom. The molecular formula is C35H34N4O3. The van der Waals surface area contributed by atoms with Crippen LogP contribution in [0.15, 0.2) is 109 Å². The van der Waals surface area contributed by atoms with Gasteiger partial charge in [-0.25, -0.2) is 9.97 Å². The van der Waals surface area contributed by atoms with E-state index in [1.54, 1.807) is 20.5 Å². The van der Waals surface area contributed by atoms with Crippen molar-refractivity contribution in [2.45, 2.75) is 24.9 Å². The first kappa shape index (κ1) is 27.3. The summed E-state index contributed by atoms with van der Waals surface area (Å²) in [6.07, 6.45) is 2.39. The third-order valence-electron chi connectivity index (χ3n) is 8.10. The van der Waals surface area contributed by atoms with E-state index in [4.69, 9.17) is 14.5 Å². The number of benzene rings is 4. The average molecular weight is 559 g/mol. The largest absolute Gasteiger partial charge is 0.493 e. The molecule has 0 spiro atoms. The molecule has 42 heavy (non-hydrogen) atoms. The van der Waals surface area contributed by atoms with Gasteiger partial charge in [0.25, 0.3) is 5.91 Å². The molecule has 2 unspecified atom stereocenters. The fourth-order valence-electron chi connectivity index (χ4n) is 6.02. The predicted molar refractivity (Wildman–Crippen MR) is 165 cm³/mol. The molecule has 2 atom stereocenters. The first-order valence-corrected chi connectivity index (χ1v) is 14.2. The number of methoxy groups -OCH3 is 2. The Morgan fingerprint density at radius 3 is 2.19 bits per heavy atom. The number of piperidine rings is 1. The molecule has 0 radical (unpaired) electrons. The summed E-state index contributed by atoms with van der Waals surface area (Å²) in [5, 5.41) is 0.905. The molecule has 1 saturated heterocycles. The molecule has 0 saturated carbocycles. The first-order chi connectivity index (χ1) is 20.7. The predicted octanol–water partition coefficient (Wildman–Crippen LogP) is 6.35. The standard InChI is InChI=1S/C35H34N4O3/c1-41-32-20-28-30(21-33(32)42-2)36-24-37-34(28)38-19-18-31(29(23-38)26-14-8-4-9-15-26)39(22-25-12-6-3-7-13-25)35(40)27-16-10-5-11-17-27/h3-17,20-21,24,29,31H,18-19,22-23H2,1-2H3. The highest BCUT2D eigenvalue weighted by molar-refractivity contribution is 5.95. The van der Waals surface area contributed by atoms with Gasteiger partial charge in [-0.2, -0.15) is 0 Å². The molecule has 1 aliphatic heterocycles. The van der Waals surface area contributed by atoms with E-state index >= 15 is 0 Å². The Hall–Kier alpha value is -4.91. The van der Waals surface area contributed by atoms with Crippen LogP contribution in [0.5, 0.6) is 11.5 Å². The Bertz CT molecular complexity index is 1650. The molecule has 1 aliphatic rings. The van der Waals surface area contributed by atoms with Gasteiger partial charge in [-0.1, -0.05) is 78.9 Å². The van der Waals surface area contributed by atoms with Crippen molar-refractivity contribution in [2.24, 2.45) is 0 Å². The van der Waals surface area contributed by atoms with Gasteiger partial charge in [-0.15, -0.1) is 0 Å². The third-order valence-corrected chi connectivity index (χ3v) is 8.10. The van der Waals surface area contributed by atoms with Crippen LogP contribution in [0.1, 0.15) is 33.8 Å². The van der Waals surface area contributed by atoms with E-state index in [1.165, 1.54) is 5.56 Å². The van der Waals surface area contributed by atoms with Crippen LogP contribution in [0.2, 0.25) is 0 Å². The zero-order valence-corrected chi connectivity index (χ0v) is 23.9. The summed E-state index contributed by atoms with van der Waals surface area (Å²) < 4.78 is 11.1. The molecule has 7 heteroatoms. The molecule has 7 nitrogen and oxygen atoms in total. The molecule has 4 aromatic carbocycles. The van der Waals surface area contributed by atoms with Crippen molar-refractivity contribution in [1.82, 2.24) is 14.9 Å². The van der Waals surface area contributed by atoms with Gasteiger partial charge in [-0.3, -0.25) is 4.79 Å². The lowest BCUT2D eigenvalue weighted by atomic mass is 9.84. The third kappa shape index (κ3) is 5.50. The minimum Gasteiger partial charge on any atom is -0.493 e. The van der Waals surface area contributed by atoms with Crippen LogP contribution in [0.25, 0.3) is 10.9 Å². The number of ether oxygens (including phenoxy) is 2. The summed E-state index contributed by atoms with van der Waals surface area (Å²) in [6, 6.07) is 34.2. The van der Waals surface area contributed by atoms with Gasteiger partial charge in [0.2, 0.25) is 0 Å². The number of anilines is 1. The molecule has 0 aliphatic carbocycles. The van der Waals surface area contributed by atoms with Crippen LogP contribution in [-0.2, 0) is 6.54 Å². The number of carbonyl (C=O) groups excluding carboxylic acids is 1. The van der Waals surface area contributed by atoms with Gasteiger partial charge in [0.05, 0.1) is 19.7 Å². The van der Waals surface area contributed by atoms with Crippen molar-refractivity contribution >= 4 is 22.6 Å². The fraction of sp³-hybridized carbons (Fsp3) is 0.229. The maximum Gasteiger partial charge on any atom is 0.254 e. The van der Waals surface area contributed by atoms with Crippen LogP contribution in [0.3, 0.4) is 0 Å². The minimum absolute atomic E-state index is 0.0145. The quantitative estimate of drug-likeness (QED) is 0.221. The fourth-order valence-corrected chi connectivity index (χ4v) is 6.02. The first-order valence-electron chi connectivity index (χ1n) is 14.2. The Labute approximate surface area is 246 Å². The summed E-state index contributed by atoms with van der Waals surface area (Å²) in [5.41, 5.74) is 3.80. The van der Waals surface area contributed by atoms with Crippen molar-refractivity contribution in [3.63, 3.8) is 0 Å². The van der Waals surface area contributed by atoms with Gasteiger partial charge in [-0.05, 0) is 35.7 Å². The molecule has 5 aromatic rings. The lowest BCUT2D eigenvalue weighted by Gasteiger charge is -2.45. The van der Waals surface area contributed by atoms with Crippen LogP contribution < -0.4 is 14.4 Å². The summed E-state index contributed by atoms with van der Waals surface area (Å²) in [5.74, 6) is 2.22. The number of fused-ring (bicyclic) bond motifs is 1. The van der Waals surface area contributed by atoms with Crippen molar-refractivity contribution in [2.75, 3.05) is 32.2 Å². The molecule has 2 heterocycles. The Kier molecular flexibility index (Phi) is 7.99. The molecule has 1 fully saturated rings. The molecule has 212 valence electrons. The summed E-state index contributed by atoms with van der Waals surface area (Å²) in [6.45, 7) is 1.97. The second-order valence-corrected chi connectivity index (χ2v) is 10.5. The zero-order valence-electron chi connectivity index (χ0n) is 23.9. The summed E-state index contributed by atoms with van der Waals surface area (Å²) in [7, 11) is 3.26. The van der Waals surface area contributed by atoms with E-state index in [2.05, 4.69) is 51.2 Å². The summed E-state index contributed by atoms with van der Waals surface area (Å²) >= 11 is 0.